The van der Waals surface area contributed by atoms with E-state index in [1.807, 2.05) is 39.8 Å². The van der Waals surface area contributed by atoms with Crippen LogP contribution in [0.4, 0.5) is 5.69 Å². The van der Waals surface area contributed by atoms with Crippen molar-refractivity contribution in [1.82, 2.24) is 0 Å². The van der Waals surface area contributed by atoms with Crippen molar-refractivity contribution in [2.24, 2.45) is 0 Å². The van der Waals surface area contributed by atoms with Crippen molar-refractivity contribution in [1.29, 1.82) is 0 Å². The Balaban J connectivity index is 1.89. The van der Waals surface area contributed by atoms with E-state index in [1.54, 1.807) is 54.6 Å². The quantitative estimate of drug-likeness (QED) is 0.205. The second kappa shape index (κ2) is 10.6. The molecule has 1 aliphatic rings. The molecule has 0 aliphatic carbocycles. The molecule has 0 bridgehead atoms. The van der Waals surface area contributed by atoms with Crippen LogP contribution in [0.15, 0.2) is 76.8 Å². The molecule has 186 valence electrons. The van der Waals surface area contributed by atoms with Gasteiger partial charge in [0.25, 0.3) is 11.7 Å². The maximum Gasteiger partial charge on any atom is 0.300 e. The first kappa shape index (κ1) is 25.5. The van der Waals surface area contributed by atoms with Gasteiger partial charge in [-0.2, -0.15) is 0 Å². The molecule has 1 aliphatic heterocycles. The summed E-state index contributed by atoms with van der Waals surface area (Å²) < 4.78 is 12.3. The summed E-state index contributed by atoms with van der Waals surface area (Å²) in [5.74, 6) is -0.429. The van der Waals surface area contributed by atoms with E-state index < -0.39 is 17.7 Å². The van der Waals surface area contributed by atoms with E-state index >= 15 is 0 Å². The number of rotatable bonds is 7. The number of Topliss-reactive ketones (excluding diaryl/α,β-unsaturated/α-hetero) is 1. The molecule has 36 heavy (non-hydrogen) atoms. The van der Waals surface area contributed by atoms with Crippen LogP contribution in [0.1, 0.15) is 43.5 Å². The average Bonchev–Trinajstić information content (AvgIpc) is 3.11. The number of aliphatic hydroxyl groups is 1. The third-order valence-electron chi connectivity index (χ3n) is 5.85. The first-order valence-corrected chi connectivity index (χ1v) is 12.6. The summed E-state index contributed by atoms with van der Waals surface area (Å²) >= 11 is 3.46. The molecule has 1 amide bonds. The highest BCUT2D eigenvalue weighted by atomic mass is 79.9. The number of carbonyl (C=O) groups is 2. The number of amides is 1. The van der Waals surface area contributed by atoms with Gasteiger partial charge in [0.2, 0.25) is 0 Å². The largest absolute Gasteiger partial charge is 0.507 e. The Hall–Kier alpha value is -3.58. The third-order valence-corrected chi connectivity index (χ3v) is 6.74. The topological polar surface area (TPSA) is 76.1 Å². The number of carbonyl (C=O) groups excluding carboxylic acids is 2. The van der Waals surface area contributed by atoms with E-state index in [4.69, 9.17) is 9.47 Å². The van der Waals surface area contributed by atoms with Gasteiger partial charge < -0.3 is 14.6 Å². The predicted octanol–water partition coefficient (Wildman–Crippen LogP) is 6.57. The van der Waals surface area contributed by atoms with Crippen LogP contribution in [0.5, 0.6) is 11.5 Å². The van der Waals surface area contributed by atoms with Crippen molar-refractivity contribution < 1.29 is 24.2 Å². The van der Waals surface area contributed by atoms with Gasteiger partial charge in [0.1, 0.15) is 17.3 Å². The number of hydrogen-bond acceptors (Lipinski definition) is 5. The van der Waals surface area contributed by atoms with Crippen LogP contribution in [0.25, 0.3) is 5.76 Å². The van der Waals surface area contributed by atoms with Crippen LogP contribution in [0.3, 0.4) is 0 Å². The molecular weight excluding hydrogens is 522 g/mol. The fourth-order valence-corrected chi connectivity index (χ4v) is 4.50. The molecule has 7 heteroatoms. The minimum absolute atomic E-state index is 0.00318. The molecule has 1 unspecified atom stereocenters. The summed E-state index contributed by atoms with van der Waals surface area (Å²) in [4.78, 5) is 28.2. The number of nitrogens with zero attached hydrogens (tertiary/aromatic N) is 1. The molecule has 4 rings (SSSR count). The molecule has 0 spiro atoms. The highest BCUT2D eigenvalue weighted by Gasteiger charge is 2.47. The number of benzene rings is 3. The second-order valence-electron chi connectivity index (χ2n) is 8.80. The lowest BCUT2D eigenvalue weighted by atomic mass is 9.94. The Bertz CT molecular complexity index is 1330. The van der Waals surface area contributed by atoms with Gasteiger partial charge in [-0.3, -0.25) is 14.5 Å². The summed E-state index contributed by atoms with van der Waals surface area (Å²) in [5, 5.41) is 11.3. The molecule has 6 nitrogen and oxygen atoms in total. The first-order chi connectivity index (χ1) is 17.2. The predicted molar refractivity (Wildman–Crippen MR) is 143 cm³/mol. The molecule has 0 saturated carbocycles. The van der Waals surface area contributed by atoms with E-state index in [2.05, 4.69) is 15.9 Å². The fourth-order valence-electron chi connectivity index (χ4n) is 4.25. The SMILES string of the molecule is CCOc1cccc(N2C(=O)C(=O)/C(=C(/O)c3ccc(Br)c(C)c3)C2c2ccc(OC(C)C)cc2)c1. The maximum absolute atomic E-state index is 13.4. The maximum atomic E-state index is 13.4. The van der Waals surface area contributed by atoms with Crippen molar-refractivity contribution in [2.75, 3.05) is 11.5 Å². The van der Waals surface area contributed by atoms with Crippen LogP contribution in [-0.4, -0.2) is 29.5 Å². The zero-order chi connectivity index (χ0) is 26.0. The van der Waals surface area contributed by atoms with Gasteiger partial charge in [-0.15, -0.1) is 0 Å². The fraction of sp³-hybridized carbons (Fsp3) is 0.241. The highest BCUT2D eigenvalue weighted by molar-refractivity contribution is 9.10. The Morgan fingerprint density at radius 3 is 2.39 bits per heavy atom. The van der Waals surface area contributed by atoms with Gasteiger partial charge in [0, 0.05) is 21.8 Å². The van der Waals surface area contributed by atoms with Gasteiger partial charge >= 0.3 is 0 Å². The summed E-state index contributed by atoms with van der Waals surface area (Å²) in [7, 11) is 0. The molecule has 1 N–H and O–H groups in total. The van der Waals surface area contributed by atoms with Crippen molar-refractivity contribution in [2.45, 2.75) is 39.8 Å². The lowest BCUT2D eigenvalue weighted by molar-refractivity contribution is -0.132. The normalized spacial score (nSPS) is 17.1. The molecule has 1 heterocycles. The van der Waals surface area contributed by atoms with Crippen molar-refractivity contribution >= 4 is 39.1 Å². The Kier molecular flexibility index (Phi) is 7.50. The number of aryl methyl sites for hydroxylation is 1. The Morgan fingerprint density at radius 2 is 1.75 bits per heavy atom. The van der Waals surface area contributed by atoms with Crippen LogP contribution in [-0.2, 0) is 9.59 Å². The molecule has 3 aromatic rings. The first-order valence-electron chi connectivity index (χ1n) is 11.8. The van der Waals surface area contributed by atoms with E-state index in [9.17, 15) is 14.7 Å². The molecular formula is C29H28BrNO5. The minimum Gasteiger partial charge on any atom is -0.507 e. The second-order valence-corrected chi connectivity index (χ2v) is 9.65. The molecule has 1 fully saturated rings. The summed E-state index contributed by atoms with van der Waals surface area (Å²) in [6, 6.07) is 18.7. The van der Waals surface area contributed by atoms with Crippen LogP contribution in [0, 0.1) is 6.92 Å². The number of anilines is 1. The zero-order valence-corrected chi connectivity index (χ0v) is 22.2. The standard InChI is InChI=1S/C29H28BrNO5/c1-5-35-23-8-6-7-21(16-23)31-26(19-9-12-22(13-10-19)36-17(2)3)25(28(33)29(31)34)27(32)20-11-14-24(30)18(4)15-20/h6-17,26,32H,5H2,1-4H3/b27-25+. The smallest absolute Gasteiger partial charge is 0.300 e. The number of ether oxygens (including phenoxy) is 2. The molecule has 1 atom stereocenters. The van der Waals surface area contributed by atoms with Gasteiger partial charge in [0.15, 0.2) is 0 Å². The third kappa shape index (κ3) is 5.02. The zero-order valence-electron chi connectivity index (χ0n) is 20.6. The van der Waals surface area contributed by atoms with E-state index in [0.29, 0.717) is 34.9 Å². The lowest BCUT2D eigenvalue weighted by Crippen LogP contribution is -2.29. The monoisotopic (exact) mass is 549 g/mol. The Morgan fingerprint density at radius 1 is 1.03 bits per heavy atom. The van der Waals surface area contributed by atoms with Gasteiger partial charge in [0.05, 0.1) is 24.3 Å². The molecule has 3 aromatic carbocycles. The minimum atomic E-state index is -0.834. The lowest BCUT2D eigenvalue weighted by Gasteiger charge is -2.26. The van der Waals surface area contributed by atoms with E-state index in [1.165, 1.54) is 4.90 Å². The summed E-state index contributed by atoms with van der Waals surface area (Å²) in [6.45, 7) is 8.11. The van der Waals surface area contributed by atoms with Crippen LogP contribution in [0.2, 0.25) is 0 Å². The summed E-state index contributed by atoms with van der Waals surface area (Å²) in [5.41, 5.74) is 2.55. The molecule has 0 aromatic heterocycles. The van der Waals surface area contributed by atoms with Crippen LogP contribution >= 0.6 is 15.9 Å². The van der Waals surface area contributed by atoms with E-state index in [0.717, 1.165) is 10.0 Å². The van der Waals surface area contributed by atoms with Crippen molar-refractivity contribution in [3.05, 3.63) is 93.5 Å². The van der Waals surface area contributed by atoms with Gasteiger partial charge in [-0.1, -0.05) is 40.2 Å². The van der Waals surface area contributed by atoms with Crippen molar-refractivity contribution in [3.8, 4) is 11.5 Å². The number of ketones is 1. The number of hydrogen-bond donors (Lipinski definition) is 1. The average molecular weight is 550 g/mol. The molecule has 1 saturated heterocycles. The highest BCUT2D eigenvalue weighted by Crippen LogP contribution is 2.43. The van der Waals surface area contributed by atoms with E-state index in [-0.39, 0.29) is 17.4 Å². The number of aliphatic hydroxyl groups excluding tert-OH is 1. The van der Waals surface area contributed by atoms with Crippen molar-refractivity contribution in [3.63, 3.8) is 0 Å². The summed E-state index contributed by atoms with van der Waals surface area (Å²) in [6.07, 6.45) is 0.00318. The Labute approximate surface area is 219 Å². The number of halogens is 1. The van der Waals surface area contributed by atoms with Gasteiger partial charge in [-0.25, -0.2) is 0 Å². The van der Waals surface area contributed by atoms with Gasteiger partial charge in [-0.05, 0) is 75.2 Å². The van der Waals surface area contributed by atoms with Crippen LogP contribution < -0.4 is 14.4 Å². The molecule has 0 radical (unpaired) electrons.